The Morgan fingerprint density at radius 1 is 1.05 bits per heavy atom. The van der Waals surface area contributed by atoms with Crippen LogP contribution in [-0.4, -0.2) is 31.3 Å². The third-order valence-electron chi connectivity index (χ3n) is 2.69. The summed E-state index contributed by atoms with van der Waals surface area (Å²) in [6, 6.07) is 7.10. The molecule has 0 aliphatic carbocycles. The number of nitrogens with zero attached hydrogens (tertiary/aromatic N) is 2. The first kappa shape index (κ1) is 14.6. The van der Waals surface area contributed by atoms with Crippen LogP contribution in [0.25, 0.3) is 11.4 Å². The van der Waals surface area contributed by atoms with E-state index < -0.39 is 0 Å². The normalized spacial score (nSPS) is 10.4. The Hall–Kier alpha value is -1.85. The highest BCUT2D eigenvalue weighted by Gasteiger charge is 2.12. The van der Waals surface area contributed by atoms with E-state index in [0.717, 1.165) is 5.56 Å². The Kier molecular flexibility index (Phi) is 4.76. The SMILES string of the molecule is COCc1cc(Cl)nc(-c2ccc(OC)cc2OC)n1. The first-order chi connectivity index (χ1) is 9.67. The van der Waals surface area contributed by atoms with Gasteiger partial charge >= 0.3 is 0 Å². The van der Waals surface area contributed by atoms with Crippen LogP contribution in [0.1, 0.15) is 5.69 Å². The van der Waals surface area contributed by atoms with Gasteiger partial charge in [0.2, 0.25) is 0 Å². The van der Waals surface area contributed by atoms with E-state index in [-0.39, 0.29) is 0 Å². The van der Waals surface area contributed by atoms with Gasteiger partial charge in [0, 0.05) is 13.2 Å². The van der Waals surface area contributed by atoms with E-state index in [9.17, 15) is 0 Å². The molecule has 0 saturated heterocycles. The molecular formula is C14H15ClN2O3. The third-order valence-corrected chi connectivity index (χ3v) is 2.88. The molecular weight excluding hydrogens is 280 g/mol. The molecule has 0 N–H and O–H groups in total. The molecule has 0 atom stereocenters. The maximum atomic E-state index is 6.02. The molecule has 1 aromatic carbocycles. The predicted octanol–water partition coefficient (Wildman–Crippen LogP) is 2.96. The number of hydrogen-bond donors (Lipinski definition) is 0. The van der Waals surface area contributed by atoms with Gasteiger partial charge in [-0.15, -0.1) is 0 Å². The Labute approximate surface area is 122 Å². The molecule has 0 radical (unpaired) electrons. The molecule has 0 spiro atoms. The fraction of sp³-hybridized carbons (Fsp3) is 0.286. The van der Waals surface area contributed by atoms with Crippen molar-refractivity contribution in [3.63, 3.8) is 0 Å². The number of benzene rings is 1. The quantitative estimate of drug-likeness (QED) is 0.794. The summed E-state index contributed by atoms with van der Waals surface area (Å²) in [6.45, 7) is 0.369. The molecule has 0 unspecified atom stereocenters. The summed E-state index contributed by atoms with van der Waals surface area (Å²) in [4.78, 5) is 8.64. The van der Waals surface area contributed by atoms with Crippen LogP contribution in [0.15, 0.2) is 24.3 Å². The highest BCUT2D eigenvalue weighted by molar-refractivity contribution is 6.29. The first-order valence-electron chi connectivity index (χ1n) is 5.92. The van der Waals surface area contributed by atoms with Crippen molar-refractivity contribution in [3.05, 3.63) is 35.1 Å². The lowest BCUT2D eigenvalue weighted by Crippen LogP contribution is -1.99. The van der Waals surface area contributed by atoms with Crippen molar-refractivity contribution in [1.29, 1.82) is 0 Å². The van der Waals surface area contributed by atoms with E-state index in [1.54, 1.807) is 33.5 Å². The summed E-state index contributed by atoms with van der Waals surface area (Å²) in [7, 11) is 4.78. The van der Waals surface area contributed by atoms with Gasteiger partial charge < -0.3 is 14.2 Å². The molecule has 0 aliphatic rings. The van der Waals surface area contributed by atoms with Crippen LogP contribution in [0.2, 0.25) is 5.15 Å². The molecule has 0 aliphatic heterocycles. The van der Waals surface area contributed by atoms with Crippen LogP contribution in [0.4, 0.5) is 0 Å². The van der Waals surface area contributed by atoms with Gasteiger partial charge in [0.1, 0.15) is 16.7 Å². The van der Waals surface area contributed by atoms with Crippen LogP contribution in [0.3, 0.4) is 0 Å². The number of rotatable bonds is 5. The maximum absolute atomic E-state index is 6.02. The molecule has 106 valence electrons. The Bertz CT molecular complexity index is 605. The van der Waals surface area contributed by atoms with Crippen LogP contribution >= 0.6 is 11.6 Å². The van der Waals surface area contributed by atoms with Gasteiger partial charge in [0.15, 0.2) is 5.82 Å². The van der Waals surface area contributed by atoms with Crippen LogP contribution < -0.4 is 9.47 Å². The average molecular weight is 295 g/mol. The van der Waals surface area contributed by atoms with Crippen molar-refractivity contribution in [2.45, 2.75) is 6.61 Å². The van der Waals surface area contributed by atoms with Gasteiger partial charge in [-0.2, -0.15) is 0 Å². The zero-order valence-corrected chi connectivity index (χ0v) is 12.3. The molecule has 1 aromatic heterocycles. The third kappa shape index (κ3) is 3.18. The lowest BCUT2D eigenvalue weighted by Gasteiger charge is -2.10. The van der Waals surface area contributed by atoms with Gasteiger partial charge in [-0.25, -0.2) is 9.97 Å². The standard InChI is InChI=1S/C14H15ClN2O3/c1-18-8-9-6-13(15)17-14(16-9)11-5-4-10(19-2)7-12(11)20-3/h4-7H,8H2,1-3H3. The monoisotopic (exact) mass is 294 g/mol. The molecule has 20 heavy (non-hydrogen) atoms. The van der Waals surface area contributed by atoms with Gasteiger partial charge in [-0.3, -0.25) is 0 Å². The molecule has 2 aromatic rings. The summed E-state index contributed by atoms with van der Waals surface area (Å²) >= 11 is 6.02. The second-order valence-electron chi connectivity index (χ2n) is 4.00. The zero-order valence-electron chi connectivity index (χ0n) is 11.5. The molecule has 0 amide bonds. The molecule has 2 rings (SSSR count). The van der Waals surface area contributed by atoms with E-state index in [0.29, 0.717) is 34.8 Å². The average Bonchev–Trinajstić information content (AvgIpc) is 2.46. The maximum Gasteiger partial charge on any atom is 0.164 e. The number of hydrogen-bond acceptors (Lipinski definition) is 5. The van der Waals surface area contributed by atoms with Crippen LogP contribution in [0, 0.1) is 0 Å². The van der Waals surface area contributed by atoms with Gasteiger partial charge in [0.05, 0.1) is 32.1 Å². The topological polar surface area (TPSA) is 53.5 Å². The smallest absolute Gasteiger partial charge is 0.164 e. The molecule has 6 heteroatoms. The first-order valence-corrected chi connectivity index (χ1v) is 6.30. The molecule has 1 heterocycles. The summed E-state index contributed by atoms with van der Waals surface area (Å²) in [6.07, 6.45) is 0. The molecule has 5 nitrogen and oxygen atoms in total. The molecule has 0 saturated carbocycles. The lowest BCUT2D eigenvalue weighted by molar-refractivity contribution is 0.181. The summed E-state index contributed by atoms with van der Waals surface area (Å²) in [5.41, 5.74) is 1.45. The minimum absolute atomic E-state index is 0.361. The molecule has 0 fully saturated rings. The number of aromatic nitrogens is 2. The van der Waals surface area contributed by atoms with Crippen LogP contribution in [0.5, 0.6) is 11.5 Å². The number of methoxy groups -OCH3 is 3. The Morgan fingerprint density at radius 3 is 2.50 bits per heavy atom. The van der Waals surface area contributed by atoms with Crippen molar-refractivity contribution in [1.82, 2.24) is 9.97 Å². The predicted molar refractivity (Wildman–Crippen MR) is 76.3 cm³/mol. The Morgan fingerprint density at radius 2 is 1.85 bits per heavy atom. The highest BCUT2D eigenvalue weighted by atomic mass is 35.5. The minimum atomic E-state index is 0.361. The number of ether oxygens (including phenoxy) is 3. The van der Waals surface area contributed by atoms with Gasteiger partial charge in [0.25, 0.3) is 0 Å². The summed E-state index contributed by atoms with van der Waals surface area (Å²) in [5, 5.41) is 0.361. The van der Waals surface area contributed by atoms with Crippen molar-refractivity contribution in [3.8, 4) is 22.9 Å². The van der Waals surface area contributed by atoms with Crippen molar-refractivity contribution < 1.29 is 14.2 Å². The van der Waals surface area contributed by atoms with E-state index in [2.05, 4.69) is 9.97 Å². The fourth-order valence-electron chi connectivity index (χ4n) is 1.79. The fourth-order valence-corrected chi connectivity index (χ4v) is 2.00. The summed E-state index contributed by atoms with van der Waals surface area (Å²) < 4.78 is 15.6. The second-order valence-corrected chi connectivity index (χ2v) is 4.39. The largest absolute Gasteiger partial charge is 0.497 e. The molecule has 0 bridgehead atoms. The lowest BCUT2D eigenvalue weighted by atomic mass is 10.1. The van der Waals surface area contributed by atoms with Crippen molar-refractivity contribution in [2.24, 2.45) is 0 Å². The zero-order chi connectivity index (χ0) is 14.5. The van der Waals surface area contributed by atoms with E-state index in [1.807, 2.05) is 12.1 Å². The van der Waals surface area contributed by atoms with Crippen molar-refractivity contribution >= 4 is 11.6 Å². The van der Waals surface area contributed by atoms with E-state index >= 15 is 0 Å². The summed E-state index contributed by atoms with van der Waals surface area (Å²) in [5.74, 6) is 1.81. The Balaban J connectivity index is 2.50. The van der Waals surface area contributed by atoms with E-state index in [1.165, 1.54) is 0 Å². The van der Waals surface area contributed by atoms with Gasteiger partial charge in [-0.1, -0.05) is 11.6 Å². The highest BCUT2D eigenvalue weighted by Crippen LogP contribution is 2.32. The van der Waals surface area contributed by atoms with Gasteiger partial charge in [-0.05, 0) is 18.2 Å². The second kappa shape index (κ2) is 6.54. The van der Waals surface area contributed by atoms with Crippen molar-refractivity contribution in [2.75, 3.05) is 21.3 Å². The van der Waals surface area contributed by atoms with E-state index in [4.69, 9.17) is 25.8 Å². The minimum Gasteiger partial charge on any atom is -0.497 e. The van der Waals surface area contributed by atoms with Crippen LogP contribution in [-0.2, 0) is 11.3 Å². The number of halogens is 1.